The number of likely N-dealkylation sites (N-methyl/N-ethyl adjacent to an activating group) is 1. The van der Waals surface area contributed by atoms with Crippen LogP contribution in [0.15, 0.2) is 23.0 Å². The van der Waals surface area contributed by atoms with Crippen LogP contribution in [0.2, 0.25) is 0 Å². The van der Waals surface area contributed by atoms with E-state index < -0.39 is 5.97 Å². The van der Waals surface area contributed by atoms with Crippen LogP contribution in [0, 0.1) is 0 Å². The minimum absolute atomic E-state index is 0.123. The average Bonchev–Trinajstić information content (AvgIpc) is 2.58. The summed E-state index contributed by atoms with van der Waals surface area (Å²) < 4.78 is 5.12. The minimum atomic E-state index is -1.01. The third-order valence-corrected chi connectivity index (χ3v) is 3.80. The molecule has 8 nitrogen and oxygen atoms in total. The number of carbonyl (C=O) groups excluding carboxylic acids is 1. The molecule has 0 bridgehead atoms. The van der Waals surface area contributed by atoms with Gasteiger partial charge < -0.3 is 31.9 Å². The minimum Gasteiger partial charge on any atom is -0.477 e. The van der Waals surface area contributed by atoms with Crippen LogP contribution in [-0.2, 0) is 14.3 Å². The van der Waals surface area contributed by atoms with Gasteiger partial charge in [-0.3, -0.25) is 0 Å². The molecule has 0 heterocycles. The van der Waals surface area contributed by atoms with Crippen LogP contribution in [0.1, 0.15) is 53.4 Å². The lowest BCUT2D eigenvalue weighted by atomic mass is 9.99. The lowest BCUT2D eigenvalue weighted by molar-refractivity contribution is -0.139. The van der Waals surface area contributed by atoms with Crippen LogP contribution >= 0.6 is 0 Å². The van der Waals surface area contributed by atoms with Gasteiger partial charge in [-0.25, -0.2) is 9.59 Å². The lowest BCUT2D eigenvalue weighted by Gasteiger charge is -2.18. The Balaban J connectivity index is 4.65. The van der Waals surface area contributed by atoms with Crippen molar-refractivity contribution < 1.29 is 19.4 Å². The van der Waals surface area contributed by atoms with Crippen molar-refractivity contribution >= 4 is 11.9 Å². The van der Waals surface area contributed by atoms with Crippen molar-refractivity contribution in [1.29, 1.82) is 0 Å². The molecule has 0 aromatic heterocycles. The summed E-state index contributed by atoms with van der Waals surface area (Å²) in [7, 11) is 0. The SMILES string of the molecule is CCN/C(C(=O)OCC)=C(/CCCCCN/C(=C\C(C)N)C(=O)O)C(C)N. The lowest BCUT2D eigenvalue weighted by Crippen LogP contribution is -2.30. The second-order valence-electron chi connectivity index (χ2n) is 6.42. The van der Waals surface area contributed by atoms with Gasteiger partial charge in [0, 0.05) is 25.2 Å². The van der Waals surface area contributed by atoms with E-state index in [4.69, 9.17) is 21.3 Å². The maximum Gasteiger partial charge on any atom is 0.354 e. The average molecular weight is 385 g/mol. The number of nitrogens with one attached hydrogen (secondary N) is 2. The number of carboxylic acid groups (broad SMARTS) is 1. The van der Waals surface area contributed by atoms with Crippen molar-refractivity contribution in [2.24, 2.45) is 11.5 Å². The van der Waals surface area contributed by atoms with E-state index in [1.54, 1.807) is 13.8 Å². The van der Waals surface area contributed by atoms with Crippen molar-refractivity contribution in [3.63, 3.8) is 0 Å². The number of unbranched alkanes of at least 4 members (excludes halogenated alkanes) is 2. The van der Waals surface area contributed by atoms with Crippen LogP contribution in [-0.4, -0.2) is 48.8 Å². The van der Waals surface area contributed by atoms with Gasteiger partial charge >= 0.3 is 11.9 Å². The number of carbonyl (C=O) groups is 2. The van der Waals surface area contributed by atoms with Crippen LogP contribution in [0.5, 0.6) is 0 Å². The maximum atomic E-state index is 12.2. The third-order valence-electron chi connectivity index (χ3n) is 3.80. The summed E-state index contributed by atoms with van der Waals surface area (Å²) in [6.07, 6.45) is 4.68. The summed E-state index contributed by atoms with van der Waals surface area (Å²) in [6.45, 7) is 8.72. The number of hydrogen-bond acceptors (Lipinski definition) is 7. The van der Waals surface area contributed by atoms with Crippen LogP contribution in [0.25, 0.3) is 0 Å². The highest BCUT2D eigenvalue weighted by Crippen LogP contribution is 2.16. The zero-order valence-electron chi connectivity index (χ0n) is 17.0. The van der Waals surface area contributed by atoms with Gasteiger partial charge in [0.1, 0.15) is 11.4 Å². The van der Waals surface area contributed by atoms with E-state index in [0.29, 0.717) is 31.8 Å². The van der Waals surface area contributed by atoms with Crippen molar-refractivity contribution in [3.8, 4) is 0 Å². The Morgan fingerprint density at radius 2 is 1.78 bits per heavy atom. The maximum absolute atomic E-state index is 12.2. The Kier molecular flexibility index (Phi) is 13.0. The molecule has 0 aliphatic carbocycles. The monoisotopic (exact) mass is 384 g/mol. The molecule has 0 radical (unpaired) electrons. The molecule has 0 aliphatic rings. The normalized spacial score (nSPS) is 14.8. The molecule has 0 saturated carbocycles. The standard InChI is InChI=1S/C19H36N4O4/c1-5-22-17(19(26)27-6-2)15(14(4)21)10-8-7-9-11-23-16(18(24)25)12-13(3)20/h12-14,22-23H,5-11,20-21H2,1-4H3,(H,24,25)/b16-12-,17-15-. The van der Waals surface area contributed by atoms with Crippen molar-refractivity contribution in [1.82, 2.24) is 10.6 Å². The zero-order valence-corrected chi connectivity index (χ0v) is 17.0. The second-order valence-corrected chi connectivity index (χ2v) is 6.42. The van der Waals surface area contributed by atoms with Crippen molar-refractivity contribution in [2.75, 3.05) is 19.7 Å². The number of aliphatic carboxylic acids is 1. The fourth-order valence-corrected chi connectivity index (χ4v) is 2.59. The summed E-state index contributed by atoms with van der Waals surface area (Å²) in [5.74, 6) is -1.39. The highest BCUT2D eigenvalue weighted by atomic mass is 16.5. The van der Waals surface area contributed by atoms with Gasteiger partial charge in [-0.15, -0.1) is 0 Å². The molecule has 2 unspecified atom stereocenters. The van der Waals surface area contributed by atoms with E-state index in [0.717, 1.165) is 24.8 Å². The zero-order chi connectivity index (χ0) is 20.8. The summed E-state index contributed by atoms with van der Waals surface area (Å²) in [6, 6.07) is -0.580. The molecular formula is C19H36N4O4. The molecular weight excluding hydrogens is 348 g/mol. The number of carboxylic acids is 1. The Bertz CT molecular complexity index is 528. The van der Waals surface area contributed by atoms with E-state index in [-0.39, 0.29) is 23.8 Å². The largest absolute Gasteiger partial charge is 0.477 e. The first kappa shape index (κ1) is 24.9. The Hall–Kier alpha value is -2.06. The Morgan fingerprint density at radius 3 is 2.26 bits per heavy atom. The van der Waals surface area contributed by atoms with Gasteiger partial charge in [0.15, 0.2) is 0 Å². The van der Waals surface area contributed by atoms with E-state index in [9.17, 15) is 9.59 Å². The summed E-state index contributed by atoms with van der Waals surface area (Å²) >= 11 is 0. The number of rotatable bonds is 14. The first-order chi connectivity index (χ1) is 12.7. The van der Waals surface area contributed by atoms with Gasteiger partial charge in [-0.1, -0.05) is 6.42 Å². The summed E-state index contributed by atoms with van der Waals surface area (Å²) in [5, 5.41) is 15.1. The predicted octanol–water partition coefficient (Wildman–Crippen LogP) is 1.23. The van der Waals surface area contributed by atoms with Crippen LogP contribution in [0.4, 0.5) is 0 Å². The highest BCUT2D eigenvalue weighted by Gasteiger charge is 2.18. The molecule has 7 N–H and O–H groups in total. The molecule has 0 aromatic rings. The first-order valence-corrected chi connectivity index (χ1v) is 9.58. The number of esters is 1. The molecule has 0 saturated heterocycles. The molecule has 0 rings (SSSR count). The Labute approximate surface area is 162 Å². The molecule has 0 fully saturated rings. The molecule has 156 valence electrons. The third kappa shape index (κ3) is 10.6. The van der Waals surface area contributed by atoms with Crippen molar-refractivity contribution in [3.05, 3.63) is 23.0 Å². The van der Waals surface area contributed by atoms with Crippen LogP contribution < -0.4 is 22.1 Å². The molecule has 27 heavy (non-hydrogen) atoms. The van der Waals surface area contributed by atoms with Crippen molar-refractivity contribution in [2.45, 2.75) is 65.5 Å². The Morgan fingerprint density at radius 1 is 1.11 bits per heavy atom. The van der Waals surface area contributed by atoms with Crippen LogP contribution in [0.3, 0.4) is 0 Å². The van der Waals surface area contributed by atoms with Gasteiger partial charge in [0.25, 0.3) is 0 Å². The molecule has 0 amide bonds. The second kappa shape index (κ2) is 14.1. The van der Waals surface area contributed by atoms with Gasteiger partial charge in [0.05, 0.1) is 6.61 Å². The highest BCUT2D eigenvalue weighted by molar-refractivity contribution is 5.89. The van der Waals surface area contributed by atoms with E-state index in [1.807, 2.05) is 13.8 Å². The smallest absolute Gasteiger partial charge is 0.354 e. The fraction of sp³-hybridized carbons (Fsp3) is 0.684. The molecule has 8 heteroatoms. The van der Waals surface area contributed by atoms with Gasteiger partial charge in [-0.2, -0.15) is 0 Å². The predicted molar refractivity (Wildman–Crippen MR) is 107 cm³/mol. The summed E-state index contributed by atoms with van der Waals surface area (Å²) in [5.41, 5.74) is 13.1. The van der Waals surface area contributed by atoms with E-state index in [2.05, 4.69) is 10.6 Å². The number of ether oxygens (including phenoxy) is 1. The fourth-order valence-electron chi connectivity index (χ4n) is 2.59. The topological polar surface area (TPSA) is 140 Å². The van der Waals surface area contributed by atoms with Gasteiger partial charge in [0.2, 0.25) is 0 Å². The molecule has 2 atom stereocenters. The van der Waals surface area contributed by atoms with E-state index in [1.165, 1.54) is 6.08 Å². The molecule has 0 spiro atoms. The number of nitrogens with two attached hydrogens (primary N) is 2. The molecule has 0 aliphatic heterocycles. The number of hydrogen-bond donors (Lipinski definition) is 5. The quantitative estimate of drug-likeness (QED) is 0.171. The van der Waals surface area contributed by atoms with Gasteiger partial charge in [-0.05, 0) is 58.6 Å². The first-order valence-electron chi connectivity index (χ1n) is 9.58. The molecule has 0 aromatic carbocycles. The summed E-state index contributed by atoms with van der Waals surface area (Å²) in [4.78, 5) is 23.3. The van der Waals surface area contributed by atoms with E-state index >= 15 is 0 Å².